The Hall–Kier alpha value is -2.54. The third kappa shape index (κ3) is 3.81. The van der Waals surface area contributed by atoms with Crippen molar-refractivity contribution in [3.8, 4) is 0 Å². The number of benzene rings is 1. The largest absolute Gasteiger partial charge is 0.447 e. The first-order chi connectivity index (χ1) is 10.6. The van der Waals surface area contributed by atoms with Crippen LogP contribution in [0.4, 0.5) is 26.5 Å². The Bertz CT molecular complexity index is 696. The molecular weight excluding hydrogens is 323 g/mol. The summed E-state index contributed by atoms with van der Waals surface area (Å²) >= 11 is 0. The molecule has 0 radical (unpaired) electrons. The van der Waals surface area contributed by atoms with Crippen LogP contribution in [0.5, 0.6) is 0 Å². The molecule has 6 nitrogen and oxygen atoms in total. The minimum absolute atomic E-state index is 0. The highest BCUT2D eigenvalue weighted by atomic mass is 35.5. The molecule has 23 heavy (non-hydrogen) atoms. The maximum atomic E-state index is 12.8. The van der Waals surface area contributed by atoms with Gasteiger partial charge in [-0.2, -0.15) is 0 Å². The van der Waals surface area contributed by atoms with Gasteiger partial charge in [-0.15, -0.1) is 12.4 Å². The van der Waals surface area contributed by atoms with Gasteiger partial charge in [-0.05, 0) is 29.8 Å². The summed E-state index contributed by atoms with van der Waals surface area (Å²) in [5.74, 6) is 0.564. The van der Waals surface area contributed by atoms with Crippen molar-refractivity contribution in [1.82, 2.24) is 4.98 Å². The van der Waals surface area contributed by atoms with Gasteiger partial charge in [-0.1, -0.05) is 12.1 Å². The highest BCUT2D eigenvalue weighted by Crippen LogP contribution is 2.26. The van der Waals surface area contributed by atoms with Crippen LogP contribution >= 0.6 is 12.4 Å². The van der Waals surface area contributed by atoms with Gasteiger partial charge in [0.2, 0.25) is 0 Å². The van der Waals surface area contributed by atoms with E-state index in [1.54, 1.807) is 24.3 Å². The van der Waals surface area contributed by atoms with Crippen molar-refractivity contribution in [3.05, 3.63) is 47.8 Å². The fourth-order valence-corrected chi connectivity index (χ4v) is 2.20. The number of anilines is 3. The second-order valence-corrected chi connectivity index (χ2v) is 4.85. The molecule has 0 saturated carbocycles. The molecule has 3 N–H and O–H groups in total. The van der Waals surface area contributed by atoms with Gasteiger partial charge < -0.3 is 15.8 Å². The van der Waals surface area contributed by atoms with Gasteiger partial charge in [0.1, 0.15) is 24.1 Å². The summed E-state index contributed by atoms with van der Waals surface area (Å²) in [6.07, 6.45) is -0.416. The number of ether oxygens (including phenoxy) is 1. The minimum atomic E-state index is -0.416. The summed E-state index contributed by atoms with van der Waals surface area (Å²) in [6, 6.07) is 9.66. The predicted molar refractivity (Wildman–Crippen MR) is 88.3 cm³/mol. The molecule has 1 aliphatic rings. The molecule has 1 aliphatic heterocycles. The minimum Gasteiger partial charge on any atom is -0.447 e. The van der Waals surface area contributed by atoms with Crippen LogP contribution < -0.4 is 16.0 Å². The van der Waals surface area contributed by atoms with Crippen molar-refractivity contribution in [3.63, 3.8) is 0 Å². The summed E-state index contributed by atoms with van der Waals surface area (Å²) in [4.78, 5) is 17.2. The number of nitrogens with one attached hydrogen (secondary N) is 1. The number of hydrogen-bond donors (Lipinski definition) is 2. The van der Waals surface area contributed by atoms with Crippen LogP contribution in [0.25, 0.3) is 0 Å². The van der Waals surface area contributed by atoms with E-state index < -0.39 is 6.09 Å². The summed E-state index contributed by atoms with van der Waals surface area (Å²) in [5.41, 5.74) is 7.36. The molecule has 0 bridgehead atoms. The molecule has 1 saturated heterocycles. The normalized spacial score (nSPS) is 13.4. The van der Waals surface area contributed by atoms with Gasteiger partial charge in [0.15, 0.2) is 0 Å². The van der Waals surface area contributed by atoms with E-state index in [2.05, 4.69) is 10.3 Å². The lowest BCUT2D eigenvalue weighted by atomic mass is 10.2. The Morgan fingerprint density at radius 2 is 2.00 bits per heavy atom. The highest BCUT2D eigenvalue weighted by Gasteiger charge is 2.25. The fraction of sp³-hybridized carbons (Fsp3) is 0.200. The summed E-state index contributed by atoms with van der Waals surface area (Å²) in [7, 11) is 0. The number of halogens is 2. The van der Waals surface area contributed by atoms with E-state index in [0.717, 1.165) is 5.56 Å². The average molecular weight is 339 g/mol. The average Bonchev–Trinajstić information content (AvgIpc) is 2.93. The third-order valence-corrected chi connectivity index (χ3v) is 3.34. The van der Waals surface area contributed by atoms with Crippen LogP contribution in [0, 0.1) is 5.82 Å². The van der Waals surface area contributed by atoms with Crippen LogP contribution in [0.2, 0.25) is 0 Å². The maximum Gasteiger partial charge on any atom is 0.414 e. The number of nitrogens with zero attached hydrogens (tertiary/aromatic N) is 2. The fourth-order valence-electron chi connectivity index (χ4n) is 2.20. The number of aromatic nitrogens is 1. The maximum absolute atomic E-state index is 12.8. The van der Waals surface area contributed by atoms with E-state index in [1.165, 1.54) is 17.0 Å². The van der Waals surface area contributed by atoms with Crippen LogP contribution in [0.15, 0.2) is 36.4 Å². The van der Waals surface area contributed by atoms with Crippen molar-refractivity contribution < 1.29 is 13.9 Å². The van der Waals surface area contributed by atoms with Gasteiger partial charge in [0, 0.05) is 6.54 Å². The van der Waals surface area contributed by atoms with Gasteiger partial charge in [-0.3, -0.25) is 4.90 Å². The number of rotatable bonds is 4. The van der Waals surface area contributed by atoms with Crippen molar-refractivity contribution >= 4 is 35.8 Å². The monoisotopic (exact) mass is 338 g/mol. The lowest BCUT2D eigenvalue weighted by Crippen LogP contribution is -2.24. The SMILES string of the molecule is Cl.Nc1nc(NCc2ccc(F)cc2)ccc1N1CCOC1=O. The number of cyclic esters (lactones) is 1. The Kier molecular flexibility index (Phi) is 5.23. The summed E-state index contributed by atoms with van der Waals surface area (Å²) < 4.78 is 17.7. The summed E-state index contributed by atoms with van der Waals surface area (Å²) in [5, 5.41) is 3.10. The standard InChI is InChI=1S/C15H15FN4O2.ClH/c16-11-3-1-10(2-4-11)9-18-13-6-5-12(14(17)19-13)20-7-8-22-15(20)21;/h1-6H,7-9H2,(H3,17,18,19);1H. The van der Waals surface area contributed by atoms with Crippen molar-refractivity contribution in [2.75, 3.05) is 29.1 Å². The predicted octanol–water partition coefficient (Wildman–Crippen LogP) is 2.79. The quantitative estimate of drug-likeness (QED) is 0.896. The lowest BCUT2D eigenvalue weighted by molar-refractivity contribution is 0.181. The van der Waals surface area contributed by atoms with Gasteiger partial charge in [0.05, 0.1) is 12.2 Å². The third-order valence-electron chi connectivity index (χ3n) is 3.34. The highest BCUT2D eigenvalue weighted by molar-refractivity contribution is 5.92. The molecule has 1 fully saturated rings. The smallest absolute Gasteiger partial charge is 0.414 e. The molecule has 122 valence electrons. The van der Waals surface area contributed by atoms with E-state index in [1.807, 2.05) is 0 Å². The Balaban J connectivity index is 0.00000192. The van der Waals surface area contributed by atoms with Crippen molar-refractivity contribution in [1.29, 1.82) is 0 Å². The molecule has 3 rings (SSSR count). The number of nitrogen functional groups attached to an aromatic ring is 1. The van der Waals surface area contributed by atoms with E-state index in [4.69, 9.17) is 10.5 Å². The number of carbonyl (C=O) groups excluding carboxylic acids is 1. The van der Waals surface area contributed by atoms with Gasteiger partial charge >= 0.3 is 6.09 Å². The zero-order valence-electron chi connectivity index (χ0n) is 12.2. The molecule has 1 amide bonds. The zero-order valence-corrected chi connectivity index (χ0v) is 13.0. The van der Waals surface area contributed by atoms with Crippen LogP contribution in [0.3, 0.4) is 0 Å². The molecular formula is C15H16ClFN4O2. The lowest BCUT2D eigenvalue weighted by Gasteiger charge is -2.15. The van der Waals surface area contributed by atoms with Crippen molar-refractivity contribution in [2.24, 2.45) is 0 Å². The first kappa shape index (κ1) is 16.8. The van der Waals surface area contributed by atoms with Gasteiger partial charge in [0.25, 0.3) is 0 Å². The van der Waals surface area contributed by atoms with E-state index in [0.29, 0.717) is 31.2 Å². The van der Waals surface area contributed by atoms with E-state index in [-0.39, 0.29) is 24.0 Å². The summed E-state index contributed by atoms with van der Waals surface area (Å²) in [6.45, 7) is 1.31. The first-order valence-electron chi connectivity index (χ1n) is 6.82. The molecule has 0 aliphatic carbocycles. The van der Waals surface area contributed by atoms with E-state index in [9.17, 15) is 9.18 Å². The molecule has 0 atom stereocenters. The molecule has 0 spiro atoms. The number of hydrogen-bond acceptors (Lipinski definition) is 5. The number of amides is 1. The molecule has 0 unspecified atom stereocenters. The zero-order chi connectivity index (χ0) is 15.5. The Labute approximate surface area is 138 Å². The van der Waals surface area contributed by atoms with Crippen molar-refractivity contribution in [2.45, 2.75) is 6.54 Å². The molecule has 2 heterocycles. The molecule has 2 aromatic rings. The number of pyridine rings is 1. The van der Waals surface area contributed by atoms with E-state index >= 15 is 0 Å². The van der Waals surface area contributed by atoms with Gasteiger partial charge in [-0.25, -0.2) is 14.2 Å². The topological polar surface area (TPSA) is 80.5 Å². The number of carbonyl (C=O) groups is 1. The van der Waals surface area contributed by atoms with Crippen LogP contribution in [-0.4, -0.2) is 24.2 Å². The Morgan fingerprint density at radius 1 is 1.26 bits per heavy atom. The first-order valence-corrected chi connectivity index (χ1v) is 6.82. The number of nitrogens with two attached hydrogens (primary N) is 1. The molecule has 8 heteroatoms. The second-order valence-electron chi connectivity index (χ2n) is 4.85. The Morgan fingerprint density at radius 3 is 2.61 bits per heavy atom. The molecule has 1 aromatic heterocycles. The second kappa shape index (κ2) is 7.15. The molecule has 1 aromatic carbocycles. The van der Waals surface area contributed by atoms with Crippen LogP contribution in [0.1, 0.15) is 5.56 Å². The van der Waals surface area contributed by atoms with Crippen LogP contribution in [-0.2, 0) is 11.3 Å².